The maximum atomic E-state index is 15.4. The number of pyridine rings is 1. The van der Waals surface area contributed by atoms with Crippen molar-refractivity contribution < 1.29 is 97.2 Å². The average Bonchev–Trinajstić information content (AvgIpc) is 3.32. The van der Waals surface area contributed by atoms with Crippen LogP contribution in [0, 0.1) is 130 Å². The second kappa shape index (κ2) is 18.8. The standard InChI is InChI=1S/C24BF20.C21H20NO/c26-5-1(6(27)14(35)21(42)13(5)34)25(2-7(28)15(36)22(43)16(37)8(2)29,3-9(30)17(38)23(44)18(39)10(3)31)4-11(32)19(40)24(45)20(41)12(4)33;1-16-11-12-17(2)19(14-16)20-10-6-7-13-22(20)15-21(23)18-8-4-3-5-9-18/h;3-14H,15H2,1-2H3/q-1;+1. The van der Waals surface area contributed by atoms with E-state index in [0.717, 1.165) is 11.3 Å². The average molecular weight is 981 g/mol. The number of aromatic nitrogens is 1. The minimum atomic E-state index is -7.22. The summed E-state index contributed by atoms with van der Waals surface area (Å²) in [6.07, 6.45) is -5.25. The molecule has 0 aliphatic carbocycles. The summed E-state index contributed by atoms with van der Waals surface area (Å²) in [5, 5.41) is 0. The highest BCUT2D eigenvalue weighted by molar-refractivity contribution is 7.20. The molecule has 1 heterocycles. The lowest BCUT2D eigenvalue weighted by Crippen LogP contribution is -2.81. The van der Waals surface area contributed by atoms with Gasteiger partial charge in [-0.3, -0.25) is 4.79 Å². The van der Waals surface area contributed by atoms with Crippen molar-refractivity contribution in [1.29, 1.82) is 0 Å². The van der Waals surface area contributed by atoms with Crippen LogP contribution in [0.15, 0.2) is 72.9 Å². The molecule has 0 N–H and O–H groups in total. The van der Waals surface area contributed by atoms with Gasteiger partial charge >= 0.3 is 0 Å². The van der Waals surface area contributed by atoms with E-state index in [1.807, 2.05) is 53.2 Å². The van der Waals surface area contributed by atoms with E-state index in [0.29, 0.717) is 6.54 Å². The lowest BCUT2D eigenvalue weighted by atomic mass is 9.12. The van der Waals surface area contributed by atoms with Crippen LogP contribution in [0.4, 0.5) is 87.8 Å². The summed E-state index contributed by atoms with van der Waals surface area (Å²) in [6, 6.07) is 21.9. The second-order valence-electron chi connectivity index (χ2n) is 14.6. The molecule has 0 atom stereocenters. The first-order valence-corrected chi connectivity index (χ1v) is 18.7. The van der Waals surface area contributed by atoms with Gasteiger partial charge in [0.05, 0.1) is 0 Å². The number of ketones is 1. The molecule has 7 aromatic rings. The molecule has 0 spiro atoms. The molecule has 6 aromatic carbocycles. The first kappa shape index (κ1) is 50.2. The molecule has 0 aliphatic rings. The van der Waals surface area contributed by atoms with Crippen LogP contribution in [0.2, 0.25) is 0 Å². The third-order valence-electron chi connectivity index (χ3n) is 10.7. The van der Waals surface area contributed by atoms with Gasteiger partial charge in [0.2, 0.25) is 18.0 Å². The van der Waals surface area contributed by atoms with E-state index >= 15 is 35.1 Å². The Bertz CT molecular complexity index is 2820. The smallest absolute Gasteiger partial charge is 0.227 e. The van der Waals surface area contributed by atoms with Crippen molar-refractivity contribution in [3.8, 4) is 11.3 Å². The van der Waals surface area contributed by atoms with Crippen LogP contribution in [-0.2, 0) is 6.54 Å². The Morgan fingerprint density at radius 3 is 1.04 bits per heavy atom. The molecule has 0 saturated carbocycles. The topological polar surface area (TPSA) is 20.9 Å². The zero-order valence-corrected chi connectivity index (χ0v) is 33.6. The van der Waals surface area contributed by atoms with Crippen molar-refractivity contribution in [2.24, 2.45) is 0 Å². The predicted molar refractivity (Wildman–Crippen MR) is 202 cm³/mol. The largest absolute Gasteiger partial charge is 0.287 e. The highest BCUT2D eigenvalue weighted by Gasteiger charge is 2.52. The molecule has 1 aromatic heterocycles. The van der Waals surface area contributed by atoms with E-state index in [2.05, 4.69) is 38.1 Å². The van der Waals surface area contributed by atoms with Gasteiger partial charge < -0.3 is 0 Å². The van der Waals surface area contributed by atoms with Crippen molar-refractivity contribution in [2.75, 3.05) is 0 Å². The molecule has 354 valence electrons. The molecule has 7 rings (SSSR count). The Morgan fingerprint density at radius 1 is 0.397 bits per heavy atom. The zero-order chi connectivity index (χ0) is 50.6. The van der Waals surface area contributed by atoms with Gasteiger partial charge in [-0.1, -0.05) is 48.0 Å². The van der Waals surface area contributed by atoms with Crippen molar-refractivity contribution in [3.05, 3.63) is 206 Å². The van der Waals surface area contributed by atoms with Crippen molar-refractivity contribution in [1.82, 2.24) is 0 Å². The summed E-state index contributed by atoms with van der Waals surface area (Å²) < 4.78 is 296. The highest BCUT2D eigenvalue weighted by atomic mass is 19.2. The van der Waals surface area contributed by atoms with Gasteiger partial charge in [-0.2, -0.15) is 4.57 Å². The first-order chi connectivity index (χ1) is 31.8. The van der Waals surface area contributed by atoms with Gasteiger partial charge in [-0.05, 0) is 31.5 Å². The number of carbonyl (C=O) groups excluding carboxylic acids is 1. The third-order valence-corrected chi connectivity index (χ3v) is 10.7. The molecule has 0 unspecified atom stereocenters. The number of rotatable bonds is 8. The summed E-state index contributed by atoms with van der Waals surface area (Å²) >= 11 is 0. The van der Waals surface area contributed by atoms with Crippen LogP contribution in [0.3, 0.4) is 0 Å². The Balaban J connectivity index is 0.000000276. The van der Waals surface area contributed by atoms with Crippen molar-refractivity contribution in [3.63, 3.8) is 0 Å². The van der Waals surface area contributed by atoms with Gasteiger partial charge in [0.25, 0.3) is 0 Å². The van der Waals surface area contributed by atoms with Crippen LogP contribution in [0.5, 0.6) is 0 Å². The summed E-state index contributed by atoms with van der Waals surface area (Å²) in [6.45, 7) is 4.53. The molecule has 68 heavy (non-hydrogen) atoms. The quantitative estimate of drug-likeness (QED) is 0.0371. The van der Waals surface area contributed by atoms with Crippen molar-refractivity contribution >= 4 is 33.8 Å². The molecule has 23 heteroatoms. The monoisotopic (exact) mass is 981 g/mol. The van der Waals surface area contributed by atoms with E-state index in [4.69, 9.17) is 0 Å². The number of Topliss-reactive ketones (excluding diaryl/α,β-unsaturated/α-hetero) is 1. The molecular formula is C45H20BF20NO. The summed E-state index contributed by atoms with van der Waals surface area (Å²) in [5.74, 6) is -71.3. The number of hydrogen-bond donors (Lipinski definition) is 0. The Morgan fingerprint density at radius 2 is 0.706 bits per heavy atom. The van der Waals surface area contributed by atoms with Gasteiger partial charge in [0.15, 0.2) is 76.0 Å². The SMILES string of the molecule is Cc1ccc(C)c(-c2cccc[n+]2CC(=O)c2ccccc2)c1.Fc1c(F)c(F)c([B-](c2c(F)c(F)c(F)c(F)c2F)(c2c(F)c(F)c(F)c(F)c2F)c2c(F)c(F)c(F)c(F)c2F)c(F)c1F. The molecule has 0 bridgehead atoms. The molecule has 0 fully saturated rings. The van der Waals surface area contributed by atoms with Crippen molar-refractivity contribution in [2.45, 2.75) is 20.4 Å². The number of aryl methyl sites for hydroxylation is 2. The number of halogens is 20. The summed E-state index contributed by atoms with van der Waals surface area (Å²) in [4.78, 5) is 12.5. The van der Waals surface area contributed by atoms with Crippen LogP contribution < -0.4 is 26.4 Å². The number of carbonyl (C=O) groups is 1. The fraction of sp³-hybridized carbons (Fsp3) is 0.0667. The van der Waals surface area contributed by atoms with E-state index in [1.165, 1.54) is 16.7 Å². The van der Waals surface area contributed by atoms with Gasteiger partial charge in [0.1, 0.15) is 52.7 Å². The Hall–Kier alpha value is -7.20. The maximum Gasteiger partial charge on any atom is 0.227 e. The van der Waals surface area contributed by atoms with Crippen LogP contribution in [0.1, 0.15) is 21.5 Å². The number of benzene rings is 6. The van der Waals surface area contributed by atoms with Crippen LogP contribution >= 0.6 is 0 Å². The summed E-state index contributed by atoms with van der Waals surface area (Å²) in [7, 11) is 0. The molecule has 0 radical (unpaired) electrons. The maximum absolute atomic E-state index is 15.4. The number of hydrogen-bond acceptors (Lipinski definition) is 1. The zero-order valence-electron chi connectivity index (χ0n) is 33.6. The Labute approximate surface area is 368 Å². The molecule has 0 aliphatic heterocycles. The number of nitrogens with zero attached hydrogens (tertiary/aromatic N) is 1. The summed E-state index contributed by atoms with van der Waals surface area (Å²) in [5.41, 5.74) is -8.91. The first-order valence-electron chi connectivity index (χ1n) is 18.7. The molecule has 2 nitrogen and oxygen atoms in total. The predicted octanol–water partition coefficient (Wildman–Crippen LogP) is 9.99. The van der Waals surface area contributed by atoms with Crippen LogP contribution in [0.25, 0.3) is 11.3 Å². The van der Waals surface area contributed by atoms with Gasteiger partial charge in [0, 0.05) is 23.3 Å². The minimum Gasteiger partial charge on any atom is -0.287 e. The molecule has 0 amide bonds. The van der Waals surface area contributed by atoms with Crippen LogP contribution in [-0.4, -0.2) is 11.9 Å². The van der Waals surface area contributed by atoms with E-state index in [1.54, 1.807) is 0 Å². The van der Waals surface area contributed by atoms with Gasteiger partial charge in [-0.15, -0.1) is 21.9 Å². The highest BCUT2D eigenvalue weighted by Crippen LogP contribution is 2.31. The lowest BCUT2D eigenvalue weighted by Gasteiger charge is -2.44. The fourth-order valence-corrected chi connectivity index (χ4v) is 7.61. The van der Waals surface area contributed by atoms with E-state index in [-0.39, 0.29) is 5.78 Å². The fourth-order valence-electron chi connectivity index (χ4n) is 7.61. The third kappa shape index (κ3) is 7.99. The molecule has 0 saturated heterocycles. The lowest BCUT2D eigenvalue weighted by molar-refractivity contribution is -0.672. The molecular weight excluding hydrogens is 961 g/mol. The van der Waals surface area contributed by atoms with E-state index in [9.17, 15) is 57.5 Å². The van der Waals surface area contributed by atoms with E-state index < -0.39 is 144 Å². The minimum absolute atomic E-state index is 0.119. The second-order valence-corrected chi connectivity index (χ2v) is 14.6. The van der Waals surface area contributed by atoms with Gasteiger partial charge in [-0.25, -0.2) is 87.8 Å². The Kier molecular flexibility index (Phi) is 13.9. The normalized spacial score (nSPS) is 11.5.